The highest BCUT2D eigenvalue weighted by molar-refractivity contribution is 14.1. The Morgan fingerprint density at radius 1 is 0.903 bits per heavy atom. The number of benzene rings is 4. The van der Waals surface area contributed by atoms with Gasteiger partial charge in [-0.25, -0.2) is 4.98 Å². The molecule has 0 aliphatic carbocycles. The summed E-state index contributed by atoms with van der Waals surface area (Å²) in [7, 11) is 0. The second kappa shape index (κ2) is 8.15. The molecule has 1 amide bonds. The molecule has 0 aliphatic heterocycles. The number of nitrogens with zero attached hydrogens (tertiary/aromatic N) is 1. The quantitative estimate of drug-likeness (QED) is 0.230. The summed E-state index contributed by atoms with van der Waals surface area (Å²) in [6, 6.07) is 22.0. The Hall–Kier alpha value is -2.61. The minimum absolute atomic E-state index is 0.225. The third-order valence-corrected chi connectivity index (χ3v) is 6.25. The molecule has 152 valence electrons. The van der Waals surface area contributed by atoms with Gasteiger partial charge < -0.3 is 9.73 Å². The van der Waals surface area contributed by atoms with Crippen molar-refractivity contribution >= 4 is 79.3 Å². The Morgan fingerprint density at radius 2 is 1.71 bits per heavy atom. The van der Waals surface area contributed by atoms with Gasteiger partial charge in [0, 0.05) is 25.2 Å². The molecule has 0 fully saturated rings. The first-order valence-electron chi connectivity index (χ1n) is 9.34. The van der Waals surface area contributed by atoms with Gasteiger partial charge in [-0.1, -0.05) is 47.5 Å². The van der Waals surface area contributed by atoms with Gasteiger partial charge in [0.25, 0.3) is 5.91 Å². The number of oxazole rings is 1. The zero-order valence-corrected chi connectivity index (χ0v) is 19.5. The molecule has 7 heteroatoms. The molecule has 1 N–H and O–H groups in total. The van der Waals surface area contributed by atoms with Crippen LogP contribution >= 0.6 is 45.8 Å². The average molecular weight is 559 g/mol. The van der Waals surface area contributed by atoms with Crippen LogP contribution in [-0.2, 0) is 0 Å². The third-order valence-electron chi connectivity index (χ3n) is 4.92. The minimum Gasteiger partial charge on any atom is -0.436 e. The van der Waals surface area contributed by atoms with Gasteiger partial charge in [-0.05, 0) is 76.5 Å². The molecule has 0 atom stereocenters. The van der Waals surface area contributed by atoms with Crippen LogP contribution in [0.4, 0.5) is 5.69 Å². The number of halogens is 3. The Labute approximate surface area is 201 Å². The smallest absolute Gasteiger partial charge is 0.256 e. The molecule has 0 spiro atoms. The van der Waals surface area contributed by atoms with Crippen LogP contribution in [-0.4, -0.2) is 10.9 Å². The molecule has 0 saturated carbocycles. The second-order valence-electron chi connectivity index (χ2n) is 6.92. The monoisotopic (exact) mass is 558 g/mol. The molecule has 1 heterocycles. The van der Waals surface area contributed by atoms with E-state index in [4.69, 9.17) is 27.6 Å². The van der Waals surface area contributed by atoms with Crippen LogP contribution in [0.25, 0.3) is 33.3 Å². The van der Waals surface area contributed by atoms with Crippen molar-refractivity contribution in [3.05, 3.63) is 92.0 Å². The van der Waals surface area contributed by atoms with Crippen LogP contribution in [0.3, 0.4) is 0 Å². The lowest BCUT2D eigenvalue weighted by Gasteiger charge is -2.09. The van der Waals surface area contributed by atoms with Gasteiger partial charge >= 0.3 is 0 Å². The van der Waals surface area contributed by atoms with Crippen molar-refractivity contribution in [2.24, 2.45) is 0 Å². The van der Waals surface area contributed by atoms with E-state index in [9.17, 15) is 4.79 Å². The number of aromatic nitrogens is 1. The number of amides is 1. The van der Waals surface area contributed by atoms with E-state index in [0.717, 1.165) is 19.9 Å². The molecule has 0 radical (unpaired) electrons. The first-order chi connectivity index (χ1) is 15.0. The molecular weight excluding hydrogens is 546 g/mol. The number of carbonyl (C=O) groups is 1. The number of hydrogen-bond donors (Lipinski definition) is 1. The third kappa shape index (κ3) is 3.89. The maximum absolute atomic E-state index is 13.0. The van der Waals surface area contributed by atoms with Crippen molar-refractivity contribution in [1.29, 1.82) is 0 Å². The lowest BCUT2D eigenvalue weighted by atomic mass is 10.0. The van der Waals surface area contributed by atoms with Crippen molar-refractivity contribution in [1.82, 2.24) is 4.98 Å². The SMILES string of the molecule is O=C(Nc1ccc2oc(-c3cc(I)ccc3Cl)nc2c1)c1cccc2c(Cl)cccc12. The van der Waals surface area contributed by atoms with Crippen molar-refractivity contribution < 1.29 is 9.21 Å². The highest BCUT2D eigenvalue weighted by atomic mass is 127. The lowest BCUT2D eigenvalue weighted by Crippen LogP contribution is -2.12. The van der Waals surface area contributed by atoms with Gasteiger partial charge in [0.15, 0.2) is 5.58 Å². The molecule has 1 aromatic heterocycles. The predicted molar refractivity (Wildman–Crippen MR) is 134 cm³/mol. The summed E-state index contributed by atoms with van der Waals surface area (Å²) in [4.78, 5) is 17.5. The van der Waals surface area contributed by atoms with E-state index < -0.39 is 0 Å². The number of carbonyl (C=O) groups excluding carboxylic acids is 1. The fraction of sp³-hybridized carbons (Fsp3) is 0. The van der Waals surface area contributed by atoms with E-state index in [1.165, 1.54) is 0 Å². The van der Waals surface area contributed by atoms with E-state index in [2.05, 4.69) is 32.9 Å². The number of rotatable bonds is 3. The average Bonchev–Trinajstić information content (AvgIpc) is 3.18. The maximum Gasteiger partial charge on any atom is 0.256 e. The first kappa shape index (κ1) is 20.3. The van der Waals surface area contributed by atoms with Crippen LogP contribution in [0.5, 0.6) is 0 Å². The van der Waals surface area contributed by atoms with Gasteiger partial charge in [-0.3, -0.25) is 4.79 Å². The molecule has 4 aromatic carbocycles. The Balaban J connectivity index is 1.48. The highest BCUT2D eigenvalue weighted by Gasteiger charge is 2.15. The molecule has 0 unspecified atom stereocenters. The largest absolute Gasteiger partial charge is 0.436 e. The van der Waals surface area contributed by atoms with E-state index in [-0.39, 0.29) is 5.91 Å². The van der Waals surface area contributed by atoms with E-state index in [1.807, 2.05) is 48.5 Å². The standard InChI is InChI=1S/C24H13Cl2IN2O2/c25-19-6-2-3-15-16(19)4-1-5-17(15)23(30)28-14-8-10-22-21(12-14)29-24(31-22)18-11-13(27)7-9-20(18)26/h1-12H,(H,28,30). The fourth-order valence-electron chi connectivity index (χ4n) is 3.45. The molecule has 5 rings (SSSR count). The van der Waals surface area contributed by atoms with Crippen molar-refractivity contribution in [3.63, 3.8) is 0 Å². The van der Waals surface area contributed by atoms with E-state index >= 15 is 0 Å². The fourth-order valence-corrected chi connectivity index (χ4v) is 4.38. The normalized spacial score (nSPS) is 11.2. The summed E-state index contributed by atoms with van der Waals surface area (Å²) in [5, 5.41) is 5.75. The summed E-state index contributed by atoms with van der Waals surface area (Å²) in [6.07, 6.45) is 0. The lowest BCUT2D eigenvalue weighted by molar-refractivity contribution is 0.102. The molecule has 0 saturated heterocycles. The Morgan fingerprint density at radius 3 is 2.58 bits per heavy atom. The van der Waals surface area contributed by atoms with Crippen LogP contribution in [0, 0.1) is 3.57 Å². The van der Waals surface area contributed by atoms with Crippen LogP contribution in [0.1, 0.15) is 10.4 Å². The van der Waals surface area contributed by atoms with Crippen LogP contribution in [0.15, 0.2) is 77.2 Å². The summed E-state index contributed by atoms with van der Waals surface area (Å²) in [5.41, 5.74) is 3.13. The topological polar surface area (TPSA) is 55.1 Å². The number of hydrogen-bond acceptors (Lipinski definition) is 3. The van der Waals surface area contributed by atoms with Crippen molar-refractivity contribution in [2.45, 2.75) is 0 Å². The zero-order valence-electron chi connectivity index (χ0n) is 15.8. The van der Waals surface area contributed by atoms with Gasteiger partial charge in [-0.2, -0.15) is 0 Å². The number of anilines is 1. The van der Waals surface area contributed by atoms with Gasteiger partial charge in [0.05, 0.1) is 10.6 Å². The van der Waals surface area contributed by atoms with Crippen LogP contribution < -0.4 is 5.32 Å². The molecular formula is C24H13Cl2IN2O2. The molecule has 4 nitrogen and oxygen atoms in total. The van der Waals surface area contributed by atoms with Gasteiger partial charge in [0.2, 0.25) is 5.89 Å². The molecule has 5 aromatic rings. The number of nitrogens with one attached hydrogen (secondary N) is 1. The van der Waals surface area contributed by atoms with Gasteiger partial charge in [-0.15, -0.1) is 0 Å². The maximum atomic E-state index is 13.0. The van der Waals surface area contributed by atoms with Gasteiger partial charge in [0.1, 0.15) is 5.52 Å². The summed E-state index contributed by atoms with van der Waals surface area (Å²) < 4.78 is 6.91. The summed E-state index contributed by atoms with van der Waals surface area (Å²) in [6.45, 7) is 0. The second-order valence-corrected chi connectivity index (χ2v) is 8.98. The van der Waals surface area contributed by atoms with E-state index in [1.54, 1.807) is 24.3 Å². The zero-order chi connectivity index (χ0) is 21.5. The molecule has 31 heavy (non-hydrogen) atoms. The molecule has 0 aliphatic rings. The van der Waals surface area contributed by atoms with E-state index in [0.29, 0.717) is 38.3 Å². The number of fused-ring (bicyclic) bond motifs is 2. The summed E-state index contributed by atoms with van der Waals surface area (Å²) >= 11 is 14.8. The predicted octanol–water partition coefficient (Wildman–Crippen LogP) is 7.81. The Bertz CT molecular complexity index is 1480. The molecule has 0 bridgehead atoms. The highest BCUT2D eigenvalue weighted by Crippen LogP contribution is 2.32. The van der Waals surface area contributed by atoms with Crippen molar-refractivity contribution in [2.75, 3.05) is 5.32 Å². The Kier molecular flexibility index (Phi) is 5.33. The first-order valence-corrected chi connectivity index (χ1v) is 11.2. The minimum atomic E-state index is -0.225. The summed E-state index contributed by atoms with van der Waals surface area (Å²) in [5.74, 6) is 0.210. The van der Waals surface area contributed by atoms with Crippen molar-refractivity contribution in [3.8, 4) is 11.5 Å². The van der Waals surface area contributed by atoms with Crippen LogP contribution in [0.2, 0.25) is 10.0 Å².